The highest BCUT2D eigenvalue weighted by atomic mass is 19.1. The number of hydrogen-bond donors (Lipinski definition) is 0. The molecule has 0 spiro atoms. The van der Waals surface area contributed by atoms with Gasteiger partial charge in [-0.2, -0.15) is 0 Å². The molecule has 0 amide bonds. The molecule has 1 fully saturated rings. The van der Waals surface area contributed by atoms with Gasteiger partial charge in [0.2, 0.25) is 0 Å². The van der Waals surface area contributed by atoms with Gasteiger partial charge in [0.05, 0.1) is 12.0 Å². The summed E-state index contributed by atoms with van der Waals surface area (Å²) in [4.78, 5) is 14.1. The van der Waals surface area contributed by atoms with Crippen LogP contribution in [0.4, 0.5) is 15.9 Å². The van der Waals surface area contributed by atoms with Crippen LogP contribution >= 0.6 is 0 Å². The zero-order valence-corrected chi connectivity index (χ0v) is 20.7. The van der Waals surface area contributed by atoms with Crippen LogP contribution in [-0.2, 0) is 0 Å². The van der Waals surface area contributed by atoms with Crippen LogP contribution in [-0.4, -0.2) is 47.3 Å². The summed E-state index contributed by atoms with van der Waals surface area (Å²) in [5, 5.41) is 1.04. The van der Waals surface area contributed by atoms with Crippen molar-refractivity contribution in [3.63, 3.8) is 0 Å². The molecular weight excluding hydrogens is 465 g/mol. The van der Waals surface area contributed by atoms with Crippen molar-refractivity contribution in [3.05, 3.63) is 97.2 Å². The molecule has 37 heavy (non-hydrogen) atoms. The van der Waals surface area contributed by atoms with Crippen molar-refractivity contribution in [1.29, 1.82) is 0 Å². The number of fused-ring (bicyclic) bond motifs is 1. The van der Waals surface area contributed by atoms with E-state index in [-0.39, 0.29) is 5.82 Å². The summed E-state index contributed by atoms with van der Waals surface area (Å²) in [5.74, 6) is 1.57. The van der Waals surface area contributed by atoms with E-state index in [9.17, 15) is 4.39 Å². The van der Waals surface area contributed by atoms with Crippen molar-refractivity contribution in [1.82, 2.24) is 14.5 Å². The van der Waals surface area contributed by atoms with E-state index in [1.165, 1.54) is 12.1 Å². The SMILES string of the molecule is CCOc1ccc(-n2cc(-c3ccccc3)c3c(N4CCN(c5ccc(F)cc5)CC4)ncnc32)cc1. The van der Waals surface area contributed by atoms with Gasteiger partial charge in [-0.1, -0.05) is 30.3 Å². The second-order valence-electron chi connectivity index (χ2n) is 9.05. The smallest absolute Gasteiger partial charge is 0.150 e. The molecular formula is C30H28FN5O. The van der Waals surface area contributed by atoms with Gasteiger partial charge in [0.1, 0.15) is 23.7 Å². The lowest BCUT2D eigenvalue weighted by Gasteiger charge is -2.37. The average Bonchev–Trinajstić information content (AvgIpc) is 3.35. The van der Waals surface area contributed by atoms with Gasteiger partial charge < -0.3 is 19.1 Å². The first-order valence-corrected chi connectivity index (χ1v) is 12.6. The van der Waals surface area contributed by atoms with E-state index >= 15 is 0 Å². The van der Waals surface area contributed by atoms with Crippen molar-refractivity contribution < 1.29 is 9.13 Å². The van der Waals surface area contributed by atoms with Crippen molar-refractivity contribution in [2.24, 2.45) is 0 Å². The first-order chi connectivity index (χ1) is 18.2. The molecule has 0 atom stereocenters. The second kappa shape index (κ2) is 9.93. The van der Waals surface area contributed by atoms with Gasteiger partial charge >= 0.3 is 0 Å². The Labute approximate surface area is 215 Å². The Kier molecular flexibility index (Phi) is 6.18. The summed E-state index contributed by atoms with van der Waals surface area (Å²) in [6.07, 6.45) is 3.81. The predicted molar refractivity (Wildman–Crippen MR) is 146 cm³/mol. The number of nitrogens with zero attached hydrogens (tertiary/aromatic N) is 5. The topological polar surface area (TPSA) is 46.4 Å². The number of anilines is 2. The molecule has 0 aliphatic carbocycles. The molecule has 1 aliphatic heterocycles. The maximum atomic E-state index is 13.4. The Morgan fingerprint density at radius 1 is 0.784 bits per heavy atom. The Morgan fingerprint density at radius 3 is 2.16 bits per heavy atom. The van der Waals surface area contributed by atoms with E-state index in [1.54, 1.807) is 6.33 Å². The lowest BCUT2D eigenvalue weighted by molar-refractivity contribution is 0.340. The van der Waals surface area contributed by atoms with Crippen molar-refractivity contribution in [3.8, 4) is 22.6 Å². The molecule has 3 aromatic carbocycles. The third kappa shape index (κ3) is 4.48. The largest absolute Gasteiger partial charge is 0.494 e. The molecule has 3 heterocycles. The zero-order valence-electron chi connectivity index (χ0n) is 20.7. The number of halogens is 1. The minimum Gasteiger partial charge on any atom is -0.494 e. The highest BCUT2D eigenvalue weighted by molar-refractivity contribution is 6.02. The van der Waals surface area contributed by atoms with E-state index < -0.39 is 0 Å². The first-order valence-electron chi connectivity index (χ1n) is 12.6. The number of piperazine rings is 1. The molecule has 0 saturated carbocycles. The maximum Gasteiger partial charge on any atom is 0.150 e. The Hall–Kier alpha value is -4.39. The van der Waals surface area contributed by atoms with E-state index in [1.807, 2.05) is 37.3 Å². The molecule has 0 radical (unpaired) electrons. The maximum absolute atomic E-state index is 13.4. The van der Waals surface area contributed by atoms with E-state index in [0.29, 0.717) is 6.61 Å². The minimum atomic E-state index is -0.212. The van der Waals surface area contributed by atoms with E-state index in [4.69, 9.17) is 14.7 Å². The summed E-state index contributed by atoms with van der Waals surface area (Å²) >= 11 is 0. The van der Waals surface area contributed by atoms with Crippen LogP contribution in [0.2, 0.25) is 0 Å². The van der Waals surface area contributed by atoms with Gasteiger partial charge in [-0.3, -0.25) is 0 Å². The highest BCUT2D eigenvalue weighted by Crippen LogP contribution is 2.37. The zero-order chi connectivity index (χ0) is 25.2. The number of hydrogen-bond acceptors (Lipinski definition) is 5. The lowest BCUT2D eigenvalue weighted by Crippen LogP contribution is -2.46. The average molecular weight is 494 g/mol. The molecule has 1 aliphatic rings. The fraction of sp³-hybridized carbons (Fsp3) is 0.200. The first kappa shape index (κ1) is 23.0. The van der Waals surface area contributed by atoms with Crippen LogP contribution in [0.3, 0.4) is 0 Å². The number of aromatic nitrogens is 3. The molecule has 7 heteroatoms. The summed E-state index contributed by atoms with van der Waals surface area (Å²) < 4.78 is 21.2. The van der Waals surface area contributed by atoms with Crippen LogP contribution in [0.5, 0.6) is 5.75 Å². The molecule has 6 nitrogen and oxygen atoms in total. The standard InChI is InChI=1S/C30H28FN5O/c1-2-37-26-14-12-25(13-15-26)36-20-27(22-6-4-3-5-7-22)28-29(32-21-33-30(28)36)35-18-16-34(17-19-35)24-10-8-23(31)9-11-24/h3-15,20-21H,2,16-19H2,1H3. The number of ether oxygens (including phenoxy) is 1. The molecule has 0 bridgehead atoms. The molecule has 5 aromatic rings. The van der Waals surface area contributed by atoms with Crippen molar-refractivity contribution in [2.75, 3.05) is 42.6 Å². The monoisotopic (exact) mass is 493 g/mol. The van der Waals surface area contributed by atoms with Gasteiger partial charge in [0.25, 0.3) is 0 Å². The molecule has 2 aromatic heterocycles. The fourth-order valence-corrected chi connectivity index (χ4v) is 5.02. The second-order valence-corrected chi connectivity index (χ2v) is 9.05. The molecule has 1 saturated heterocycles. The predicted octanol–water partition coefficient (Wildman–Crippen LogP) is 5.95. The molecule has 186 valence electrons. The fourth-order valence-electron chi connectivity index (χ4n) is 5.02. The minimum absolute atomic E-state index is 0.212. The third-order valence-corrected chi connectivity index (χ3v) is 6.84. The third-order valence-electron chi connectivity index (χ3n) is 6.84. The Balaban J connectivity index is 1.39. The summed E-state index contributed by atoms with van der Waals surface area (Å²) in [6.45, 7) is 5.90. The normalized spacial score (nSPS) is 13.8. The van der Waals surface area contributed by atoms with E-state index in [0.717, 1.165) is 71.3 Å². The van der Waals surface area contributed by atoms with Gasteiger partial charge in [-0.05, 0) is 61.0 Å². The van der Waals surface area contributed by atoms with Crippen molar-refractivity contribution in [2.45, 2.75) is 6.92 Å². The molecule has 0 N–H and O–H groups in total. The van der Waals surface area contributed by atoms with Gasteiger partial charge in [-0.25, -0.2) is 14.4 Å². The highest BCUT2D eigenvalue weighted by Gasteiger charge is 2.24. The van der Waals surface area contributed by atoms with E-state index in [2.05, 4.69) is 57.0 Å². The van der Waals surface area contributed by atoms with Gasteiger partial charge in [0, 0.05) is 49.3 Å². The molecule has 0 unspecified atom stereocenters. The van der Waals surface area contributed by atoms with Gasteiger partial charge in [0.15, 0.2) is 5.65 Å². The van der Waals surface area contributed by atoms with Crippen LogP contribution in [0.15, 0.2) is 91.4 Å². The van der Waals surface area contributed by atoms with Crippen LogP contribution in [0.1, 0.15) is 6.92 Å². The summed E-state index contributed by atoms with van der Waals surface area (Å²) in [5.41, 5.74) is 5.15. The number of rotatable bonds is 6. The Bertz CT molecular complexity index is 1490. The Morgan fingerprint density at radius 2 is 1.46 bits per heavy atom. The van der Waals surface area contributed by atoms with Gasteiger partial charge in [-0.15, -0.1) is 0 Å². The summed E-state index contributed by atoms with van der Waals surface area (Å²) in [6, 6.07) is 25.2. The summed E-state index contributed by atoms with van der Waals surface area (Å²) in [7, 11) is 0. The van der Waals surface area contributed by atoms with Crippen molar-refractivity contribution >= 4 is 22.5 Å². The quantitative estimate of drug-likeness (QED) is 0.292. The molecule has 6 rings (SSSR count). The van der Waals surface area contributed by atoms with Crippen LogP contribution in [0.25, 0.3) is 27.8 Å². The lowest BCUT2D eigenvalue weighted by atomic mass is 10.1. The van der Waals surface area contributed by atoms with Crippen LogP contribution < -0.4 is 14.5 Å². The van der Waals surface area contributed by atoms with Crippen LogP contribution in [0, 0.1) is 5.82 Å². The number of benzene rings is 3.